The van der Waals surface area contributed by atoms with Crippen molar-refractivity contribution in [2.45, 2.75) is 26.2 Å². The summed E-state index contributed by atoms with van der Waals surface area (Å²) < 4.78 is 0. The molecule has 0 spiro atoms. The zero-order valence-corrected chi connectivity index (χ0v) is 35.6. The third-order valence-electron chi connectivity index (χ3n) is 14.3. The molecule has 3 aliphatic rings. The molecule has 0 radical (unpaired) electrons. The van der Waals surface area contributed by atoms with Crippen LogP contribution in [0.1, 0.15) is 30.5 Å². The van der Waals surface area contributed by atoms with Crippen LogP contribution in [0.4, 0.5) is 28.4 Å². The Labute approximate surface area is 369 Å². The molecule has 0 atom stereocenters. The zero-order valence-electron chi connectivity index (χ0n) is 35.6. The Bertz CT molecular complexity index is 3500. The molecule has 296 valence electrons. The molecule has 0 saturated carbocycles. The summed E-state index contributed by atoms with van der Waals surface area (Å²) in [5.41, 5.74) is 22.7. The Morgan fingerprint density at radius 3 is 1.78 bits per heavy atom. The number of fused-ring (bicyclic) bond motifs is 11. The highest BCUT2D eigenvalue weighted by molar-refractivity contribution is 6.94. The van der Waals surface area contributed by atoms with Crippen LogP contribution in [0, 0.1) is 6.92 Å². The van der Waals surface area contributed by atoms with Crippen LogP contribution < -0.4 is 20.6 Å². The minimum atomic E-state index is -0.175. The maximum Gasteiger partial charge on any atom is 0.333 e. The van der Waals surface area contributed by atoms with E-state index >= 15 is 0 Å². The number of rotatable bonds is 4. The lowest BCUT2D eigenvalue weighted by Gasteiger charge is -2.47. The Balaban J connectivity index is 1.17. The Hall–Kier alpha value is -7.62. The number of anilines is 5. The predicted octanol–water partition coefficient (Wildman–Crippen LogP) is 14.6. The zero-order chi connectivity index (χ0) is 42.0. The second kappa shape index (κ2) is 13.4. The van der Waals surface area contributed by atoms with Crippen LogP contribution in [0.3, 0.4) is 0 Å². The first-order valence-corrected chi connectivity index (χ1v) is 22.2. The molecule has 0 fully saturated rings. The van der Waals surface area contributed by atoms with Gasteiger partial charge in [0.25, 0.3) is 0 Å². The number of nitrogens with zero attached hydrogens (tertiary/aromatic N) is 2. The van der Waals surface area contributed by atoms with Gasteiger partial charge in [-0.05, 0) is 121 Å². The van der Waals surface area contributed by atoms with Gasteiger partial charge in [0.1, 0.15) is 0 Å². The normalized spacial score (nSPS) is 14.0. The summed E-state index contributed by atoms with van der Waals surface area (Å²) in [5.74, 6) is 0. The van der Waals surface area contributed by atoms with Gasteiger partial charge in [0.15, 0.2) is 0 Å². The van der Waals surface area contributed by atoms with Crippen LogP contribution in [0.25, 0.3) is 66.1 Å². The van der Waals surface area contributed by atoms with E-state index in [0.29, 0.717) is 0 Å². The molecule has 63 heavy (non-hydrogen) atoms. The highest BCUT2D eigenvalue weighted by Gasteiger charge is 2.48. The largest absolute Gasteiger partial charge is 0.376 e. The molecular weight excluding hydrogens is 759 g/mol. The van der Waals surface area contributed by atoms with E-state index < -0.39 is 0 Å². The van der Waals surface area contributed by atoms with E-state index in [0.717, 1.165) is 0 Å². The van der Waals surface area contributed by atoms with E-state index in [2.05, 4.69) is 237 Å². The SMILES string of the molecule is Cc1cc(-c2ccccc2)ccc1N1c2cc3c(cc2B2c4c(cc5ccccc5c41)-c1ccc4ccccc4c1N2c1ccc(-c2ccccc2)cc1)-c1ccccc1C3(C)C. The van der Waals surface area contributed by atoms with Crippen LogP contribution in [0.5, 0.6) is 0 Å². The van der Waals surface area contributed by atoms with Crippen molar-refractivity contribution in [3.05, 3.63) is 223 Å². The van der Waals surface area contributed by atoms with E-state index in [-0.39, 0.29) is 12.3 Å². The number of hydrogen-bond donors (Lipinski definition) is 0. The van der Waals surface area contributed by atoms with E-state index in [1.165, 1.54) is 122 Å². The van der Waals surface area contributed by atoms with Crippen LogP contribution >= 0.6 is 0 Å². The maximum atomic E-state index is 2.69. The van der Waals surface area contributed by atoms with Crippen LogP contribution in [-0.4, -0.2) is 6.85 Å². The molecular formula is C60H43BN2. The molecule has 10 aromatic carbocycles. The maximum absolute atomic E-state index is 2.69. The summed E-state index contributed by atoms with van der Waals surface area (Å²) in [6.07, 6.45) is 0. The summed E-state index contributed by atoms with van der Waals surface area (Å²) in [5, 5.41) is 4.99. The lowest BCUT2D eigenvalue weighted by molar-refractivity contribution is 0.660. The summed E-state index contributed by atoms with van der Waals surface area (Å²) in [6.45, 7) is 6.97. The van der Waals surface area contributed by atoms with E-state index in [1.807, 2.05) is 0 Å². The minimum Gasteiger partial charge on any atom is -0.376 e. The molecule has 0 bridgehead atoms. The molecule has 2 aliphatic heterocycles. The van der Waals surface area contributed by atoms with Gasteiger partial charge in [0.05, 0.1) is 5.69 Å². The van der Waals surface area contributed by atoms with Crippen molar-refractivity contribution in [1.82, 2.24) is 0 Å². The first-order chi connectivity index (χ1) is 30.9. The second-order valence-electron chi connectivity index (χ2n) is 18.1. The Morgan fingerprint density at radius 2 is 1.03 bits per heavy atom. The first-order valence-electron chi connectivity index (χ1n) is 22.2. The fraction of sp³-hybridized carbons (Fsp3) is 0.0667. The standard InChI is InChI=1S/C60H43BN2/c1-38-34-43(40-18-8-5-9-19-40)29-33-55(38)62-56-37-53-50(48-24-14-15-25-52(48)60(53,2)3)36-54(56)61-57-51(35-44-21-11-13-23-47(44)59(57)62)49-32-28-42-20-10-12-22-46(42)58(49)63(61)45-30-26-41(27-31-45)39-16-6-4-7-17-39/h4-37H,1-3H3. The van der Waals surface area contributed by atoms with Crippen LogP contribution in [0.2, 0.25) is 0 Å². The average molecular weight is 803 g/mol. The number of hydrogen-bond acceptors (Lipinski definition) is 2. The summed E-state index contributed by atoms with van der Waals surface area (Å²) in [4.78, 5) is 5.33. The third kappa shape index (κ3) is 5.20. The van der Waals surface area contributed by atoms with Gasteiger partial charge in [-0.1, -0.05) is 184 Å². The predicted molar refractivity (Wildman–Crippen MR) is 268 cm³/mol. The van der Waals surface area contributed by atoms with Gasteiger partial charge in [-0.15, -0.1) is 0 Å². The third-order valence-corrected chi connectivity index (χ3v) is 14.3. The Morgan fingerprint density at radius 1 is 0.413 bits per heavy atom. The van der Waals surface area contributed by atoms with Crippen molar-refractivity contribution < 1.29 is 0 Å². The second-order valence-corrected chi connectivity index (χ2v) is 18.1. The molecule has 0 unspecified atom stereocenters. The quantitative estimate of drug-likeness (QED) is 0.164. The molecule has 1 aliphatic carbocycles. The molecule has 3 heteroatoms. The van der Waals surface area contributed by atoms with E-state index in [4.69, 9.17) is 0 Å². The van der Waals surface area contributed by atoms with Gasteiger partial charge < -0.3 is 9.71 Å². The van der Waals surface area contributed by atoms with Crippen molar-refractivity contribution in [1.29, 1.82) is 0 Å². The van der Waals surface area contributed by atoms with Crippen LogP contribution in [0.15, 0.2) is 206 Å². The molecule has 2 heterocycles. The fourth-order valence-electron chi connectivity index (χ4n) is 11.3. The molecule has 13 rings (SSSR count). The molecule has 10 aromatic rings. The van der Waals surface area contributed by atoms with Gasteiger partial charge in [-0.2, -0.15) is 0 Å². The lowest BCUT2D eigenvalue weighted by Crippen LogP contribution is -2.61. The smallest absolute Gasteiger partial charge is 0.333 e. The van der Waals surface area contributed by atoms with Crippen molar-refractivity contribution in [3.63, 3.8) is 0 Å². The molecule has 0 N–H and O–H groups in total. The van der Waals surface area contributed by atoms with Gasteiger partial charge in [0.2, 0.25) is 0 Å². The van der Waals surface area contributed by atoms with E-state index in [1.54, 1.807) is 0 Å². The topological polar surface area (TPSA) is 6.48 Å². The summed E-state index contributed by atoms with van der Waals surface area (Å²) in [7, 11) is 0. The average Bonchev–Trinajstić information content (AvgIpc) is 3.56. The molecule has 2 nitrogen and oxygen atoms in total. The monoisotopic (exact) mass is 802 g/mol. The highest BCUT2D eigenvalue weighted by atomic mass is 15.2. The van der Waals surface area contributed by atoms with Crippen LogP contribution in [-0.2, 0) is 5.41 Å². The Kier molecular flexibility index (Phi) is 7.70. The summed E-state index contributed by atoms with van der Waals surface area (Å²) in [6, 6.07) is 77.3. The van der Waals surface area contributed by atoms with Crippen molar-refractivity contribution in [3.8, 4) is 44.5 Å². The van der Waals surface area contributed by atoms with Gasteiger partial charge >= 0.3 is 6.85 Å². The van der Waals surface area contributed by atoms with Crippen molar-refractivity contribution in [2.75, 3.05) is 9.71 Å². The molecule has 0 saturated heterocycles. The lowest BCUT2D eigenvalue weighted by atomic mass is 9.43. The van der Waals surface area contributed by atoms with Crippen molar-refractivity contribution >= 4 is 67.8 Å². The highest BCUT2D eigenvalue weighted by Crippen LogP contribution is 2.55. The van der Waals surface area contributed by atoms with Gasteiger partial charge in [-0.3, -0.25) is 0 Å². The van der Waals surface area contributed by atoms with Gasteiger partial charge in [0, 0.05) is 44.5 Å². The minimum absolute atomic E-state index is 0.128. The van der Waals surface area contributed by atoms with Gasteiger partial charge in [-0.25, -0.2) is 0 Å². The van der Waals surface area contributed by atoms with E-state index in [9.17, 15) is 0 Å². The summed E-state index contributed by atoms with van der Waals surface area (Å²) >= 11 is 0. The van der Waals surface area contributed by atoms with Crippen molar-refractivity contribution in [2.24, 2.45) is 0 Å². The fourth-order valence-corrected chi connectivity index (χ4v) is 11.3. The number of aryl methyl sites for hydroxylation is 1. The molecule has 0 amide bonds. The first kappa shape index (κ1) is 36.1. The molecule has 0 aromatic heterocycles. The number of benzene rings is 10.